The lowest BCUT2D eigenvalue weighted by Gasteiger charge is -2.19. The Kier molecular flexibility index (Phi) is 8.07. The molecule has 0 spiro atoms. The van der Waals surface area contributed by atoms with Gasteiger partial charge in [-0.15, -0.1) is 6.58 Å². The van der Waals surface area contributed by atoms with Gasteiger partial charge < -0.3 is 15.8 Å². The lowest BCUT2D eigenvalue weighted by atomic mass is 10.1. The first kappa shape index (κ1) is 18.9. The van der Waals surface area contributed by atoms with Crippen LogP contribution in [0.1, 0.15) is 33.6 Å². The second-order valence-corrected chi connectivity index (χ2v) is 5.31. The number of ether oxygens (including phenoxy) is 1. The molecule has 0 aromatic rings. The Bertz CT molecular complexity index is 390. The molecule has 0 aromatic carbocycles. The molecule has 8 heteroatoms. The quantitative estimate of drug-likeness (QED) is 0.442. The Balaban J connectivity index is 3.95. The third-order valence-corrected chi connectivity index (χ3v) is 2.09. The Hall–Kier alpha value is -2.09. The van der Waals surface area contributed by atoms with Crippen molar-refractivity contribution in [2.75, 3.05) is 6.61 Å². The molecule has 120 valence electrons. The van der Waals surface area contributed by atoms with E-state index in [1.165, 1.54) is 6.08 Å². The van der Waals surface area contributed by atoms with Gasteiger partial charge in [0.1, 0.15) is 5.60 Å². The van der Waals surface area contributed by atoms with Gasteiger partial charge in [0, 0.05) is 12.5 Å². The van der Waals surface area contributed by atoms with E-state index >= 15 is 0 Å². The largest absolute Gasteiger partial charge is 0.442 e. The molecule has 0 aliphatic rings. The van der Waals surface area contributed by atoms with Crippen molar-refractivity contribution < 1.29 is 24.0 Å². The fraction of sp³-hybridized carbons (Fsp3) is 0.615. The minimum absolute atomic E-state index is 0.133. The smallest absolute Gasteiger partial charge is 0.431 e. The van der Waals surface area contributed by atoms with E-state index in [4.69, 9.17) is 15.3 Å². The van der Waals surface area contributed by atoms with Crippen molar-refractivity contribution in [1.82, 2.24) is 10.8 Å². The lowest BCUT2D eigenvalue weighted by molar-refractivity contribution is -0.128. The van der Waals surface area contributed by atoms with Crippen molar-refractivity contribution in [3.8, 4) is 0 Å². The van der Waals surface area contributed by atoms with Crippen molar-refractivity contribution in [2.24, 2.45) is 5.73 Å². The Labute approximate surface area is 124 Å². The second kappa shape index (κ2) is 8.96. The van der Waals surface area contributed by atoms with Gasteiger partial charge in [0.25, 0.3) is 0 Å². The van der Waals surface area contributed by atoms with E-state index in [9.17, 15) is 14.4 Å². The fourth-order valence-corrected chi connectivity index (χ4v) is 1.25. The highest BCUT2D eigenvalue weighted by Crippen LogP contribution is 2.06. The van der Waals surface area contributed by atoms with Crippen molar-refractivity contribution in [2.45, 2.75) is 45.3 Å². The molecular formula is C13H23N3O5. The van der Waals surface area contributed by atoms with Gasteiger partial charge in [-0.1, -0.05) is 6.08 Å². The van der Waals surface area contributed by atoms with Crippen LogP contribution in [0, 0.1) is 0 Å². The van der Waals surface area contributed by atoms with Gasteiger partial charge in [-0.2, -0.15) is 5.48 Å². The van der Waals surface area contributed by atoms with Crippen LogP contribution in [-0.2, 0) is 19.2 Å². The maximum atomic E-state index is 11.5. The number of carbonyl (C=O) groups excluding carboxylic acids is 3. The van der Waals surface area contributed by atoms with Crippen LogP contribution >= 0.6 is 0 Å². The maximum absolute atomic E-state index is 11.5. The highest BCUT2D eigenvalue weighted by Gasteiger charge is 2.16. The van der Waals surface area contributed by atoms with Crippen molar-refractivity contribution >= 4 is 17.9 Å². The molecule has 0 unspecified atom stereocenters. The van der Waals surface area contributed by atoms with Gasteiger partial charge in [-0.25, -0.2) is 4.79 Å². The molecule has 0 heterocycles. The summed E-state index contributed by atoms with van der Waals surface area (Å²) in [5.74, 6) is -0.931. The number of amides is 3. The number of primary amides is 1. The summed E-state index contributed by atoms with van der Waals surface area (Å²) in [4.78, 5) is 38.1. The van der Waals surface area contributed by atoms with E-state index in [1.807, 2.05) is 5.48 Å². The second-order valence-electron chi connectivity index (χ2n) is 5.31. The van der Waals surface area contributed by atoms with Crippen LogP contribution in [-0.4, -0.2) is 36.2 Å². The fourth-order valence-electron chi connectivity index (χ4n) is 1.25. The van der Waals surface area contributed by atoms with Crippen molar-refractivity contribution in [1.29, 1.82) is 0 Å². The molecule has 0 aliphatic carbocycles. The van der Waals surface area contributed by atoms with Gasteiger partial charge in [0.2, 0.25) is 11.8 Å². The molecule has 0 radical (unpaired) electrons. The summed E-state index contributed by atoms with van der Waals surface area (Å²) < 4.78 is 4.91. The molecular weight excluding hydrogens is 278 g/mol. The van der Waals surface area contributed by atoms with E-state index in [1.54, 1.807) is 20.8 Å². The Morgan fingerprint density at radius 3 is 2.43 bits per heavy atom. The monoisotopic (exact) mass is 301 g/mol. The van der Waals surface area contributed by atoms with Crippen LogP contribution in [0.4, 0.5) is 4.79 Å². The third-order valence-electron chi connectivity index (χ3n) is 2.09. The predicted octanol–water partition coefficient (Wildman–Crippen LogP) is 0.379. The molecule has 8 nitrogen and oxygen atoms in total. The summed E-state index contributed by atoms with van der Waals surface area (Å²) >= 11 is 0. The molecule has 0 fully saturated rings. The summed E-state index contributed by atoms with van der Waals surface area (Å²) in [7, 11) is 0. The first-order valence-electron chi connectivity index (χ1n) is 6.45. The van der Waals surface area contributed by atoms with E-state index in [0.29, 0.717) is 6.42 Å². The van der Waals surface area contributed by atoms with Gasteiger partial charge in [-0.05, 0) is 27.2 Å². The first-order chi connectivity index (χ1) is 9.64. The molecule has 1 atom stereocenters. The molecule has 0 saturated heterocycles. The maximum Gasteiger partial charge on any atom is 0.431 e. The van der Waals surface area contributed by atoms with Crippen LogP contribution < -0.4 is 16.5 Å². The normalized spacial score (nSPS) is 12.1. The molecule has 0 rings (SSSR count). The summed E-state index contributed by atoms with van der Waals surface area (Å²) in [5.41, 5.74) is 6.35. The van der Waals surface area contributed by atoms with Crippen LogP contribution in [0.3, 0.4) is 0 Å². The molecule has 21 heavy (non-hydrogen) atoms. The number of carbonyl (C=O) groups is 3. The standard InChI is InChI=1S/C13H23N3O5/c1-5-9(6-7-10(14)17)15-11(18)8-20-16-12(19)21-13(2,3)4/h5,9H,1,6-8H2,2-4H3,(H2,14,17)(H,15,18)(H,16,19)/t9-/m1/s1. The molecule has 4 N–H and O–H groups in total. The number of hydrogen-bond acceptors (Lipinski definition) is 5. The lowest BCUT2D eigenvalue weighted by Crippen LogP contribution is -2.39. The molecule has 0 aromatic heterocycles. The SMILES string of the molecule is C=C[C@H](CCC(N)=O)NC(=O)CONC(=O)OC(C)(C)C. The van der Waals surface area contributed by atoms with Gasteiger partial charge in [-0.3, -0.25) is 14.4 Å². The predicted molar refractivity (Wildman–Crippen MR) is 75.9 cm³/mol. The number of hydroxylamine groups is 1. The van der Waals surface area contributed by atoms with Crippen molar-refractivity contribution in [3.63, 3.8) is 0 Å². The molecule has 0 aliphatic heterocycles. The van der Waals surface area contributed by atoms with Crippen molar-refractivity contribution in [3.05, 3.63) is 12.7 Å². The van der Waals surface area contributed by atoms with E-state index < -0.39 is 29.6 Å². The summed E-state index contributed by atoms with van der Waals surface area (Å²) in [6.07, 6.45) is 1.18. The first-order valence-corrected chi connectivity index (χ1v) is 6.45. The Morgan fingerprint density at radius 2 is 1.95 bits per heavy atom. The van der Waals surface area contributed by atoms with Crippen LogP contribution in [0.25, 0.3) is 0 Å². The number of nitrogens with one attached hydrogen (secondary N) is 2. The van der Waals surface area contributed by atoms with Crippen LogP contribution in [0.2, 0.25) is 0 Å². The van der Waals surface area contributed by atoms with Crippen LogP contribution in [0.5, 0.6) is 0 Å². The summed E-state index contributed by atoms with van der Waals surface area (Å²) in [6.45, 7) is 8.26. The molecule has 3 amide bonds. The van der Waals surface area contributed by atoms with E-state index in [-0.39, 0.29) is 13.0 Å². The minimum Gasteiger partial charge on any atom is -0.442 e. The van der Waals surface area contributed by atoms with Gasteiger partial charge in [0.05, 0.1) is 0 Å². The van der Waals surface area contributed by atoms with E-state index in [0.717, 1.165) is 0 Å². The number of hydrogen-bond donors (Lipinski definition) is 3. The van der Waals surface area contributed by atoms with Crippen LogP contribution in [0.15, 0.2) is 12.7 Å². The highest BCUT2D eigenvalue weighted by molar-refractivity contribution is 5.78. The molecule has 0 saturated carbocycles. The van der Waals surface area contributed by atoms with Gasteiger partial charge >= 0.3 is 6.09 Å². The zero-order valence-corrected chi connectivity index (χ0v) is 12.6. The van der Waals surface area contributed by atoms with E-state index in [2.05, 4.69) is 11.9 Å². The zero-order chi connectivity index (χ0) is 16.5. The summed E-state index contributed by atoms with van der Waals surface area (Å²) in [5, 5.41) is 2.56. The number of nitrogens with two attached hydrogens (primary N) is 1. The Morgan fingerprint density at radius 1 is 1.33 bits per heavy atom. The third kappa shape index (κ3) is 11.4. The highest BCUT2D eigenvalue weighted by atomic mass is 16.7. The average molecular weight is 301 g/mol. The topological polar surface area (TPSA) is 120 Å². The molecule has 0 bridgehead atoms. The zero-order valence-electron chi connectivity index (χ0n) is 12.6. The summed E-state index contributed by atoms with van der Waals surface area (Å²) in [6, 6.07) is -0.393. The van der Waals surface area contributed by atoms with Gasteiger partial charge in [0.15, 0.2) is 6.61 Å². The minimum atomic E-state index is -0.788. The number of rotatable bonds is 8. The average Bonchev–Trinajstić information content (AvgIpc) is 2.31.